The Balaban J connectivity index is 2.04. The lowest BCUT2D eigenvalue weighted by Gasteiger charge is -2.33. The second kappa shape index (κ2) is 9.04. The van der Waals surface area contributed by atoms with E-state index in [1.165, 1.54) is 0 Å². The first-order valence-corrected chi connectivity index (χ1v) is 9.86. The van der Waals surface area contributed by atoms with E-state index in [-0.39, 0.29) is 31.0 Å². The quantitative estimate of drug-likeness (QED) is 0.386. The highest BCUT2D eigenvalue weighted by Gasteiger charge is 2.48. The predicted molar refractivity (Wildman–Crippen MR) is 110 cm³/mol. The summed E-state index contributed by atoms with van der Waals surface area (Å²) in [6.45, 7) is 4.49. The summed E-state index contributed by atoms with van der Waals surface area (Å²) in [4.78, 5) is 41.0. The highest BCUT2D eigenvalue weighted by molar-refractivity contribution is 6.09. The van der Waals surface area contributed by atoms with Crippen molar-refractivity contribution in [1.29, 1.82) is 0 Å². The minimum atomic E-state index is -0.482. The maximum Gasteiger partial charge on any atom is 0.429 e. The van der Waals surface area contributed by atoms with Crippen LogP contribution in [0.1, 0.15) is 41.8 Å². The number of amides is 3. The van der Waals surface area contributed by atoms with Gasteiger partial charge in [0.1, 0.15) is 11.3 Å². The Morgan fingerprint density at radius 3 is 2.60 bits per heavy atom. The number of nitrogens with one attached hydrogen (secondary N) is 1. The summed E-state index contributed by atoms with van der Waals surface area (Å²) < 4.78 is 10.2. The van der Waals surface area contributed by atoms with E-state index in [1.54, 1.807) is 13.2 Å². The molecule has 1 aliphatic rings. The highest BCUT2D eigenvalue weighted by atomic mass is 16.5. The van der Waals surface area contributed by atoms with Gasteiger partial charge >= 0.3 is 11.9 Å². The van der Waals surface area contributed by atoms with Crippen LogP contribution in [0.4, 0.5) is 10.6 Å². The van der Waals surface area contributed by atoms with E-state index in [1.807, 2.05) is 44.2 Å². The number of pyridine rings is 1. The molecule has 3 rings (SSSR count). The van der Waals surface area contributed by atoms with Crippen LogP contribution >= 0.6 is 0 Å². The van der Waals surface area contributed by atoms with Gasteiger partial charge < -0.3 is 9.47 Å². The predicted octanol–water partition coefficient (Wildman–Crippen LogP) is 3.16. The highest BCUT2D eigenvalue weighted by Crippen LogP contribution is 2.35. The van der Waals surface area contributed by atoms with Crippen molar-refractivity contribution in [3.05, 3.63) is 53.2 Å². The third kappa shape index (κ3) is 4.33. The Kier molecular flexibility index (Phi) is 6.47. The van der Waals surface area contributed by atoms with Crippen LogP contribution in [-0.4, -0.2) is 54.2 Å². The van der Waals surface area contributed by atoms with Gasteiger partial charge in [0.05, 0.1) is 32.5 Å². The number of nitrogens with zero attached hydrogens (tertiary/aromatic N) is 2. The molecule has 1 N–H and O–H groups in total. The zero-order chi connectivity index (χ0) is 21.7. The summed E-state index contributed by atoms with van der Waals surface area (Å²) >= 11 is 0. The van der Waals surface area contributed by atoms with Crippen LogP contribution in [0.15, 0.2) is 36.5 Å². The standard InChI is InChI=1S/C22H25N3O5/c1-15(2)30-18-13-23-20-19(17(18)12-16-8-5-4-6-9-16)21(27)25(3,22(28)24-20)10-7-11-29-14-26/h4-6,8-9,13-15H,7,10-12H2,1-3H3/p+1. The molecular weight excluding hydrogens is 386 g/mol. The molecule has 0 aliphatic carbocycles. The summed E-state index contributed by atoms with van der Waals surface area (Å²) in [5.41, 5.74) is 2.06. The average Bonchev–Trinajstić information content (AvgIpc) is 2.72. The molecule has 0 bridgehead atoms. The molecule has 2 aromatic rings. The SMILES string of the molecule is CC(C)Oc1cnc2c(c1Cc1ccccc1)C(=O)[N+](C)(CCCOC=O)C(=O)N2. The first-order valence-electron chi connectivity index (χ1n) is 9.86. The number of hydrogen-bond acceptors (Lipinski definition) is 6. The Hall–Kier alpha value is -3.26. The number of imide groups is 1. The maximum absolute atomic E-state index is 13.6. The van der Waals surface area contributed by atoms with Crippen molar-refractivity contribution >= 4 is 24.2 Å². The molecule has 1 aliphatic heterocycles. The number of aromatic nitrogens is 1. The Morgan fingerprint density at radius 2 is 1.93 bits per heavy atom. The fourth-order valence-corrected chi connectivity index (χ4v) is 3.47. The Bertz CT molecular complexity index is 945. The van der Waals surface area contributed by atoms with Crippen LogP contribution in [0, 0.1) is 0 Å². The van der Waals surface area contributed by atoms with E-state index in [4.69, 9.17) is 9.47 Å². The topological polar surface area (TPSA) is 94.6 Å². The van der Waals surface area contributed by atoms with Gasteiger partial charge in [-0.25, -0.2) is 14.6 Å². The number of rotatable bonds is 9. The first-order chi connectivity index (χ1) is 14.4. The van der Waals surface area contributed by atoms with Crippen molar-refractivity contribution in [2.45, 2.75) is 32.8 Å². The first kappa shape index (κ1) is 21.4. The lowest BCUT2D eigenvalue weighted by atomic mass is 9.97. The summed E-state index contributed by atoms with van der Waals surface area (Å²) in [5, 5.41) is 2.76. The minimum Gasteiger partial charge on any atom is -0.489 e. The molecule has 1 atom stereocenters. The van der Waals surface area contributed by atoms with Crippen molar-refractivity contribution < 1.29 is 28.3 Å². The number of quaternary nitrogens is 1. The van der Waals surface area contributed by atoms with Gasteiger partial charge in [0.15, 0.2) is 5.82 Å². The number of carbonyl (C=O) groups is 3. The summed E-state index contributed by atoms with van der Waals surface area (Å²) in [6.07, 6.45) is 2.28. The van der Waals surface area contributed by atoms with Crippen LogP contribution in [0.25, 0.3) is 0 Å². The molecule has 1 unspecified atom stereocenters. The molecule has 0 saturated heterocycles. The minimum absolute atomic E-state index is 0.103. The second-order valence-corrected chi connectivity index (χ2v) is 7.62. The summed E-state index contributed by atoms with van der Waals surface area (Å²) in [5.74, 6) is 0.409. The fraction of sp³-hybridized carbons (Fsp3) is 0.364. The Morgan fingerprint density at radius 1 is 1.20 bits per heavy atom. The van der Waals surface area contributed by atoms with E-state index in [0.29, 0.717) is 36.2 Å². The van der Waals surface area contributed by atoms with Crippen molar-refractivity contribution in [3.63, 3.8) is 0 Å². The monoisotopic (exact) mass is 412 g/mol. The molecule has 0 saturated carbocycles. The fourth-order valence-electron chi connectivity index (χ4n) is 3.47. The van der Waals surface area contributed by atoms with E-state index in [2.05, 4.69) is 10.3 Å². The van der Waals surface area contributed by atoms with E-state index >= 15 is 0 Å². The molecule has 0 spiro atoms. The van der Waals surface area contributed by atoms with Crippen LogP contribution in [0.3, 0.4) is 0 Å². The number of fused-ring (bicyclic) bond motifs is 1. The van der Waals surface area contributed by atoms with Crippen molar-refractivity contribution in [3.8, 4) is 5.75 Å². The van der Waals surface area contributed by atoms with Crippen LogP contribution < -0.4 is 10.1 Å². The molecular formula is C22H26N3O5+. The molecule has 1 aromatic heterocycles. The molecule has 0 radical (unpaired) electrons. The van der Waals surface area contributed by atoms with E-state index < -0.39 is 10.5 Å². The number of benzene rings is 1. The second-order valence-electron chi connectivity index (χ2n) is 7.62. The summed E-state index contributed by atoms with van der Waals surface area (Å²) in [6, 6.07) is 9.28. The number of anilines is 1. The van der Waals surface area contributed by atoms with Gasteiger partial charge in [0.25, 0.3) is 6.47 Å². The molecule has 158 valence electrons. The molecule has 30 heavy (non-hydrogen) atoms. The van der Waals surface area contributed by atoms with Gasteiger partial charge in [-0.2, -0.15) is 4.48 Å². The van der Waals surface area contributed by atoms with Gasteiger partial charge in [-0.1, -0.05) is 30.3 Å². The summed E-state index contributed by atoms with van der Waals surface area (Å²) in [7, 11) is 1.56. The molecule has 8 heteroatoms. The van der Waals surface area contributed by atoms with Crippen molar-refractivity contribution in [2.75, 3.05) is 25.5 Å². The third-order valence-corrected chi connectivity index (χ3v) is 5.00. The number of hydrogen-bond donors (Lipinski definition) is 1. The van der Waals surface area contributed by atoms with Crippen LogP contribution in [0.2, 0.25) is 0 Å². The number of urea groups is 1. The zero-order valence-corrected chi connectivity index (χ0v) is 17.4. The van der Waals surface area contributed by atoms with E-state index in [0.717, 1.165) is 5.56 Å². The van der Waals surface area contributed by atoms with Gasteiger partial charge in [0, 0.05) is 18.4 Å². The van der Waals surface area contributed by atoms with Gasteiger partial charge in [0.2, 0.25) is 0 Å². The Labute approximate surface area is 175 Å². The van der Waals surface area contributed by atoms with Gasteiger partial charge in [-0.15, -0.1) is 0 Å². The lowest BCUT2D eigenvalue weighted by molar-refractivity contribution is -0.743. The maximum atomic E-state index is 13.6. The van der Waals surface area contributed by atoms with E-state index in [9.17, 15) is 14.4 Å². The molecule has 1 aromatic carbocycles. The number of carbonyl (C=O) groups excluding carboxylic acids is 3. The van der Waals surface area contributed by atoms with Gasteiger partial charge in [-0.05, 0) is 19.4 Å². The largest absolute Gasteiger partial charge is 0.489 e. The van der Waals surface area contributed by atoms with Crippen LogP contribution in [-0.2, 0) is 16.0 Å². The molecule has 8 nitrogen and oxygen atoms in total. The molecule has 2 heterocycles. The van der Waals surface area contributed by atoms with Crippen molar-refractivity contribution in [1.82, 2.24) is 4.98 Å². The van der Waals surface area contributed by atoms with Gasteiger partial charge in [-0.3, -0.25) is 10.1 Å². The lowest BCUT2D eigenvalue weighted by Crippen LogP contribution is -2.59. The zero-order valence-electron chi connectivity index (χ0n) is 17.4. The third-order valence-electron chi connectivity index (χ3n) is 5.00. The normalized spacial score (nSPS) is 18.0. The van der Waals surface area contributed by atoms with Crippen LogP contribution in [0.5, 0.6) is 5.75 Å². The number of ether oxygens (including phenoxy) is 2. The average molecular weight is 412 g/mol. The van der Waals surface area contributed by atoms with Crippen molar-refractivity contribution in [2.24, 2.45) is 0 Å². The smallest absolute Gasteiger partial charge is 0.429 e. The molecule has 3 amide bonds. The molecule has 0 fully saturated rings.